The second-order valence-electron chi connectivity index (χ2n) is 4.02. The summed E-state index contributed by atoms with van der Waals surface area (Å²) < 4.78 is 0. The maximum Gasteiger partial charge on any atom is 0.269 e. The number of carbonyl (C=O) groups excluding carboxylic acids is 1. The molecule has 0 aromatic heterocycles. The molecule has 21 heavy (non-hydrogen) atoms. The first-order valence-corrected chi connectivity index (χ1v) is 6.73. The van der Waals surface area contributed by atoms with Crippen LogP contribution in [-0.4, -0.2) is 10.8 Å². The number of para-hydroxylation sites is 1. The lowest BCUT2D eigenvalue weighted by Crippen LogP contribution is -2.14. The van der Waals surface area contributed by atoms with E-state index >= 15 is 0 Å². The first-order valence-electron chi connectivity index (χ1n) is 6.73. The summed E-state index contributed by atoms with van der Waals surface area (Å²) in [6, 6.07) is 15.1. The van der Waals surface area contributed by atoms with E-state index in [0.29, 0.717) is 11.3 Å². The van der Waals surface area contributed by atoms with Gasteiger partial charge in [0.05, 0.1) is 11.3 Å². The lowest BCUT2D eigenvalue weighted by molar-refractivity contribution is -0.384. The van der Waals surface area contributed by atoms with Crippen molar-refractivity contribution in [2.75, 3.05) is 5.32 Å². The summed E-state index contributed by atoms with van der Waals surface area (Å²) in [4.78, 5) is 21.9. The number of nitro benzene ring substituents is 1. The monoisotopic (exact) mass is 286 g/mol. The van der Waals surface area contributed by atoms with E-state index in [4.69, 9.17) is 0 Å². The summed E-state index contributed by atoms with van der Waals surface area (Å²) in [5.41, 5.74) is 1.31. The van der Waals surface area contributed by atoms with Gasteiger partial charge in [-0.1, -0.05) is 44.2 Å². The number of nitro groups is 1. The quantitative estimate of drug-likeness (QED) is 0.686. The van der Waals surface area contributed by atoms with Crippen LogP contribution in [0, 0.1) is 10.1 Å². The SMILES string of the molecule is CC.O=C(Cc1cccc([N+](=O)[O-])c1)Nc1ccccc1. The Kier molecular flexibility index (Phi) is 6.60. The number of nitrogens with zero attached hydrogens (tertiary/aromatic N) is 1. The zero-order valence-corrected chi connectivity index (χ0v) is 12.1. The molecule has 0 bridgehead atoms. The topological polar surface area (TPSA) is 72.2 Å². The van der Waals surface area contributed by atoms with E-state index in [1.165, 1.54) is 12.1 Å². The van der Waals surface area contributed by atoms with Crippen LogP contribution in [0.1, 0.15) is 19.4 Å². The van der Waals surface area contributed by atoms with Crippen LogP contribution in [0.3, 0.4) is 0 Å². The minimum absolute atomic E-state index is 0.00925. The molecule has 0 saturated heterocycles. The zero-order chi connectivity index (χ0) is 15.7. The van der Waals surface area contributed by atoms with Crippen molar-refractivity contribution in [3.05, 3.63) is 70.3 Å². The van der Waals surface area contributed by atoms with Gasteiger partial charge in [-0.15, -0.1) is 0 Å². The Morgan fingerprint density at radius 1 is 1.10 bits per heavy atom. The maximum atomic E-state index is 11.8. The van der Waals surface area contributed by atoms with E-state index < -0.39 is 4.92 Å². The molecular weight excluding hydrogens is 268 g/mol. The van der Waals surface area contributed by atoms with E-state index in [1.807, 2.05) is 32.0 Å². The predicted molar refractivity (Wildman–Crippen MR) is 83.2 cm³/mol. The van der Waals surface area contributed by atoms with Crippen LogP contribution in [0.5, 0.6) is 0 Å². The smallest absolute Gasteiger partial charge is 0.269 e. The van der Waals surface area contributed by atoms with Crippen molar-refractivity contribution < 1.29 is 9.72 Å². The average molecular weight is 286 g/mol. The van der Waals surface area contributed by atoms with Crippen molar-refractivity contribution in [1.29, 1.82) is 0 Å². The Hall–Kier alpha value is -2.69. The highest BCUT2D eigenvalue weighted by molar-refractivity contribution is 5.92. The van der Waals surface area contributed by atoms with Gasteiger partial charge in [-0.05, 0) is 17.7 Å². The van der Waals surface area contributed by atoms with Crippen LogP contribution < -0.4 is 5.32 Å². The number of non-ortho nitro benzene ring substituents is 1. The molecule has 2 aromatic carbocycles. The van der Waals surface area contributed by atoms with Gasteiger partial charge in [-0.3, -0.25) is 14.9 Å². The van der Waals surface area contributed by atoms with Gasteiger partial charge >= 0.3 is 0 Å². The van der Waals surface area contributed by atoms with Crippen molar-refractivity contribution in [3.63, 3.8) is 0 Å². The highest BCUT2D eigenvalue weighted by Crippen LogP contribution is 2.14. The molecule has 0 fully saturated rings. The third kappa shape index (κ3) is 5.44. The number of amides is 1. The van der Waals surface area contributed by atoms with Gasteiger partial charge in [0.15, 0.2) is 0 Å². The Balaban J connectivity index is 0.00000106. The zero-order valence-electron chi connectivity index (χ0n) is 12.1. The summed E-state index contributed by atoms with van der Waals surface area (Å²) in [7, 11) is 0. The molecule has 0 unspecified atom stereocenters. The molecule has 5 nitrogen and oxygen atoms in total. The van der Waals surface area contributed by atoms with Crippen LogP contribution in [0.25, 0.3) is 0 Å². The summed E-state index contributed by atoms with van der Waals surface area (Å²) >= 11 is 0. The van der Waals surface area contributed by atoms with E-state index in [1.54, 1.807) is 24.3 Å². The highest BCUT2D eigenvalue weighted by atomic mass is 16.6. The fourth-order valence-electron chi connectivity index (χ4n) is 1.69. The van der Waals surface area contributed by atoms with Crippen LogP contribution in [0.2, 0.25) is 0 Å². The molecule has 0 radical (unpaired) electrons. The van der Waals surface area contributed by atoms with Gasteiger partial charge in [-0.2, -0.15) is 0 Å². The van der Waals surface area contributed by atoms with Gasteiger partial charge in [0.2, 0.25) is 5.91 Å². The Morgan fingerprint density at radius 2 is 1.76 bits per heavy atom. The number of benzene rings is 2. The molecule has 0 aliphatic rings. The minimum atomic E-state index is -0.474. The molecule has 0 atom stereocenters. The third-order valence-electron chi connectivity index (χ3n) is 2.54. The van der Waals surface area contributed by atoms with Gasteiger partial charge in [0, 0.05) is 17.8 Å². The normalized spacial score (nSPS) is 9.24. The molecule has 2 rings (SSSR count). The molecule has 0 heterocycles. The van der Waals surface area contributed by atoms with Crippen molar-refractivity contribution in [2.45, 2.75) is 20.3 Å². The highest BCUT2D eigenvalue weighted by Gasteiger charge is 2.09. The van der Waals surface area contributed by atoms with Gasteiger partial charge in [0.1, 0.15) is 0 Å². The van der Waals surface area contributed by atoms with E-state index in [0.717, 1.165) is 0 Å². The largest absolute Gasteiger partial charge is 0.326 e. The predicted octanol–water partition coefficient (Wildman–Crippen LogP) is 3.80. The summed E-state index contributed by atoms with van der Waals surface area (Å²) in [6.07, 6.45) is 0.108. The van der Waals surface area contributed by atoms with Crippen LogP contribution >= 0.6 is 0 Å². The lowest BCUT2D eigenvalue weighted by Gasteiger charge is -2.04. The number of rotatable bonds is 4. The molecule has 1 N–H and O–H groups in total. The van der Waals surface area contributed by atoms with Crippen molar-refractivity contribution in [3.8, 4) is 0 Å². The minimum Gasteiger partial charge on any atom is -0.326 e. The molecule has 0 aliphatic carbocycles. The number of anilines is 1. The molecule has 0 saturated carbocycles. The number of hydrogen-bond acceptors (Lipinski definition) is 3. The van der Waals surface area contributed by atoms with Crippen LogP contribution in [0.4, 0.5) is 11.4 Å². The van der Waals surface area contributed by atoms with Crippen molar-refractivity contribution in [1.82, 2.24) is 0 Å². The van der Waals surface area contributed by atoms with Gasteiger partial charge in [-0.25, -0.2) is 0 Å². The van der Waals surface area contributed by atoms with Gasteiger partial charge in [0.25, 0.3) is 5.69 Å². The van der Waals surface area contributed by atoms with Gasteiger partial charge < -0.3 is 5.32 Å². The maximum absolute atomic E-state index is 11.8. The van der Waals surface area contributed by atoms with Crippen molar-refractivity contribution >= 4 is 17.3 Å². The standard InChI is InChI=1S/C14H12N2O3.C2H6/c17-14(15-12-6-2-1-3-7-12)10-11-5-4-8-13(9-11)16(18)19;1-2/h1-9H,10H2,(H,15,17);1-2H3. The number of carbonyl (C=O) groups is 1. The third-order valence-corrected chi connectivity index (χ3v) is 2.54. The second kappa shape index (κ2) is 8.47. The Bertz CT molecular complexity index is 597. The summed E-state index contributed by atoms with van der Waals surface area (Å²) in [6.45, 7) is 4.00. The van der Waals surface area contributed by atoms with Crippen molar-refractivity contribution in [2.24, 2.45) is 0 Å². The molecule has 0 aliphatic heterocycles. The first kappa shape index (κ1) is 16.4. The first-order chi connectivity index (χ1) is 10.1. The Morgan fingerprint density at radius 3 is 2.38 bits per heavy atom. The number of nitrogens with one attached hydrogen (secondary N) is 1. The van der Waals surface area contributed by atoms with E-state index in [2.05, 4.69) is 5.32 Å². The fraction of sp³-hybridized carbons (Fsp3) is 0.188. The molecule has 5 heteroatoms. The molecule has 2 aromatic rings. The second-order valence-corrected chi connectivity index (χ2v) is 4.02. The molecule has 0 spiro atoms. The molecule has 1 amide bonds. The summed E-state index contributed by atoms with van der Waals surface area (Å²) in [5.74, 6) is -0.202. The average Bonchev–Trinajstić information content (AvgIpc) is 2.50. The van der Waals surface area contributed by atoms with Crippen LogP contribution in [-0.2, 0) is 11.2 Å². The fourth-order valence-corrected chi connectivity index (χ4v) is 1.69. The van der Waals surface area contributed by atoms with Crippen LogP contribution in [0.15, 0.2) is 54.6 Å². The number of hydrogen-bond donors (Lipinski definition) is 1. The molecule has 110 valence electrons. The lowest BCUT2D eigenvalue weighted by atomic mass is 10.1. The molecular formula is C16H18N2O3. The van der Waals surface area contributed by atoms with E-state index in [9.17, 15) is 14.9 Å². The van der Waals surface area contributed by atoms with E-state index in [-0.39, 0.29) is 18.0 Å². The summed E-state index contributed by atoms with van der Waals surface area (Å²) in [5, 5.41) is 13.4. The Labute approximate surface area is 123 Å².